The minimum absolute atomic E-state index is 0.0425. The third kappa shape index (κ3) is 4.65. The van der Waals surface area contributed by atoms with Crippen LogP contribution in [-0.2, 0) is 14.3 Å². The quantitative estimate of drug-likeness (QED) is 0.680. The maximum atomic E-state index is 13.0. The smallest absolute Gasteiger partial charge is 0.338 e. The number of rotatable bonds is 6. The summed E-state index contributed by atoms with van der Waals surface area (Å²) in [4.78, 5) is 38.6. The highest BCUT2D eigenvalue weighted by Crippen LogP contribution is 2.30. The minimum atomic E-state index is -0.409. The van der Waals surface area contributed by atoms with Crippen LogP contribution in [0.15, 0.2) is 60.9 Å². The second kappa shape index (κ2) is 9.23. The zero-order chi connectivity index (χ0) is 22.7. The standard InChI is InChI=1S/C24H26N4O4/c1-3-32-24(31)18-8-10-19(11-9-18)25-22(29)15-27-12-13-28-21(23(27)30)14-20(26-28)17-6-4-16(2)5-7-17/h4-13,20-21,26H,3,14-15H2,1-2H3,(H,25,29). The van der Waals surface area contributed by atoms with Crippen molar-refractivity contribution in [2.24, 2.45) is 0 Å². The topological polar surface area (TPSA) is 91.0 Å². The molecule has 32 heavy (non-hydrogen) atoms. The molecule has 166 valence electrons. The van der Waals surface area contributed by atoms with Gasteiger partial charge < -0.3 is 20.0 Å². The van der Waals surface area contributed by atoms with Crippen molar-refractivity contribution in [3.8, 4) is 0 Å². The molecule has 2 aromatic carbocycles. The molecule has 1 saturated heterocycles. The molecule has 0 saturated carbocycles. The highest BCUT2D eigenvalue weighted by atomic mass is 16.5. The predicted octanol–water partition coefficient (Wildman–Crippen LogP) is 2.74. The van der Waals surface area contributed by atoms with Gasteiger partial charge in [-0.3, -0.25) is 9.59 Å². The molecule has 0 bridgehead atoms. The number of hydrogen-bond donors (Lipinski definition) is 2. The van der Waals surface area contributed by atoms with E-state index in [1.54, 1.807) is 43.6 Å². The van der Waals surface area contributed by atoms with Crippen LogP contribution >= 0.6 is 0 Å². The van der Waals surface area contributed by atoms with Gasteiger partial charge in [0.15, 0.2) is 0 Å². The van der Waals surface area contributed by atoms with Crippen molar-refractivity contribution in [2.45, 2.75) is 32.4 Å². The first-order valence-corrected chi connectivity index (χ1v) is 10.6. The SMILES string of the molecule is CCOC(=O)c1ccc(NC(=O)CN2C=CN3NC(c4ccc(C)cc4)CC3C2=O)cc1. The molecule has 0 spiro atoms. The molecule has 0 radical (unpaired) electrons. The average Bonchev–Trinajstić information content (AvgIpc) is 3.22. The second-order valence-electron chi connectivity index (χ2n) is 7.86. The molecule has 2 N–H and O–H groups in total. The summed E-state index contributed by atoms with van der Waals surface area (Å²) >= 11 is 0. The Morgan fingerprint density at radius 3 is 2.50 bits per heavy atom. The fraction of sp³-hybridized carbons (Fsp3) is 0.292. The first-order chi connectivity index (χ1) is 15.4. The summed E-state index contributed by atoms with van der Waals surface area (Å²) in [7, 11) is 0. The zero-order valence-corrected chi connectivity index (χ0v) is 18.1. The van der Waals surface area contributed by atoms with Crippen LogP contribution in [0, 0.1) is 6.92 Å². The summed E-state index contributed by atoms with van der Waals surface area (Å²) in [6.45, 7) is 3.99. The molecule has 8 nitrogen and oxygen atoms in total. The number of hydrogen-bond acceptors (Lipinski definition) is 6. The Balaban J connectivity index is 1.34. The summed E-state index contributed by atoms with van der Waals surface area (Å²) in [6, 6.07) is 14.4. The third-order valence-corrected chi connectivity index (χ3v) is 5.55. The first kappa shape index (κ1) is 21.6. The number of ether oxygens (including phenoxy) is 1. The molecule has 2 aromatic rings. The van der Waals surface area contributed by atoms with Crippen LogP contribution in [0.5, 0.6) is 0 Å². The van der Waals surface area contributed by atoms with Gasteiger partial charge in [0, 0.05) is 18.1 Å². The molecule has 1 fully saturated rings. The van der Waals surface area contributed by atoms with Crippen LogP contribution in [0.25, 0.3) is 0 Å². The lowest BCUT2D eigenvalue weighted by atomic mass is 10.00. The van der Waals surface area contributed by atoms with Crippen LogP contribution in [0.2, 0.25) is 0 Å². The van der Waals surface area contributed by atoms with Gasteiger partial charge in [-0.05, 0) is 50.1 Å². The van der Waals surface area contributed by atoms with E-state index in [4.69, 9.17) is 4.74 Å². The van der Waals surface area contributed by atoms with E-state index >= 15 is 0 Å². The summed E-state index contributed by atoms with van der Waals surface area (Å²) in [6.07, 6.45) is 4.04. The van der Waals surface area contributed by atoms with Gasteiger partial charge in [-0.15, -0.1) is 0 Å². The number of aryl methyl sites for hydroxylation is 1. The van der Waals surface area contributed by atoms with E-state index in [0.717, 1.165) is 5.56 Å². The molecule has 2 atom stereocenters. The van der Waals surface area contributed by atoms with Crippen molar-refractivity contribution >= 4 is 23.5 Å². The number of nitrogens with zero attached hydrogens (tertiary/aromatic N) is 2. The number of esters is 1. The fourth-order valence-corrected chi connectivity index (χ4v) is 3.84. The van der Waals surface area contributed by atoms with Gasteiger partial charge in [0.05, 0.1) is 18.2 Å². The van der Waals surface area contributed by atoms with Crippen molar-refractivity contribution in [3.05, 3.63) is 77.6 Å². The highest BCUT2D eigenvalue weighted by Gasteiger charge is 2.40. The predicted molar refractivity (Wildman–Crippen MR) is 119 cm³/mol. The third-order valence-electron chi connectivity index (χ3n) is 5.55. The molecular weight excluding hydrogens is 408 g/mol. The maximum absolute atomic E-state index is 13.0. The van der Waals surface area contributed by atoms with Crippen LogP contribution in [-0.4, -0.2) is 46.9 Å². The van der Waals surface area contributed by atoms with Crippen molar-refractivity contribution in [1.29, 1.82) is 0 Å². The number of hydrazine groups is 1. The molecule has 4 rings (SSSR count). The number of amides is 2. The fourth-order valence-electron chi connectivity index (χ4n) is 3.84. The zero-order valence-electron chi connectivity index (χ0n) is 18.1. The summed E-state index contributed by atoms with van der Waals surface area (Å²) in [5, 5.41) is 4.57. The van der Waals surface area contributed by atoms with E-state index in [1.807, 2.05) is 11.9 Å². The Hall–Kier alpha value is -3.65. The van der Waals surface area contributed by atoms with E-state index in [-0.39, 0.29) is 30.4 Å². The van der Waals surface area contributed by atoms with E-state index in [2.05, 4.69) is 35.0 Å². The molecule has 2 amide bonds. The van der Waals surface area contributed by atoms with Gasteiger partial charge in [0.1, 0.15) is 12.6 Å². The lowest BCUT2D eigenvalue weighted by Gasteiger charge is -2.31. The second-order valence-corrected chi connectivity index (χ2v) is 7.86. The molecule has 2 aliphatic heterocycles. The number of carbonyl (C=O) groups excluding carboxylic acids is 3. The van der Waals surface area contributed by atoms with Crippen LogP contribution in [0.3, 0.4) is 0 Å². The monoisotopic (exact) mass is 434 g/mol. The van der Waals surface area contributed by atoms with Gasteiger partial charge in [0.25, 0.3) is 5.91 Å². The van der Waals surface area contributed by atoms with Gasteiger partial charge in [-0.25, -0.2) is 10.2 Å². The number of fused-ring (bicyclic) bond motifs is 1. The van der Waals surface area contributed by atoms with E-state index in [1.165, 1.54) is 10.5 Å². The Labute approximate surface area is 186 Å². The maximum Gasteiger partial charge on any atom is 0.338 e. The molecular formula is C24H26N4O4. The number of anilines is 1. The normalized spacial score (nSPS) is 19.6. The highest BCUT2D eigenvalue weighted by molar-refractivity contribution is 5.96. The number of nitrogens with one attached hydrogen (secondary N) is 2. The Morgan fingerprint density at radius 1 is 1.09 bits per heavy atom. The summed E-state index contributed by atoms with van der Waals surface area (Å²) in [5.41, 5.74) is 6.63. The molecule has 0 aliphatic carbocycles. The molecule has 2 unspecified atom stereocenters. The van der Waals surface area contributed by atoms with Crippen LogP contribution < -0.4 is 10.7 Å². The van der Waals surface area contributed by atoms with E-state index in [9.17, 15) is 14.4 Å². The molecule has 2 heterocycles. The van der Waals surface area contributed by atoms with Gasteiger partial charge in [-0.1, -0.05) is 29.8 Å². The largest absolute Gasteiger partial charge is 0.462 e. The summed E-state index contributed by atoms with van der Waals surface area (Å²) in [5.74, 6) is -0.850. The average molecular weight is 434 g/mol. The Morgan fingerprint density at radius 2 is 1.81 bits per heavy atom. The van der Waals surface area contributed by atoms with Gasteiger partial charge in [0.2, 0.25) is 5.91 Å². The van der Waals surface area contributed by atoms with E-state index < -0.39 is 5.97 Å². The van der Waals surface area contributed by atoms with Crippen molar-refractivity contribution < 1.29 is 19.1 Å². The van der Waals surface area contributed by atoms with Crippen molar-refractivity contribution in [2.75, 3.05) is 18.5 Å². The number of benzene rings is 2. The lowest BCUT2D eigenvalue weighted by molar-refractivity contribution is -0.137. The molecule has 8 heteroatoms. The van der Waals surface area contributed by atoms with Crippen molar-refractivity contribution in [3.63, 3.8) is 0 Å². The number of carbonyl (C=O) groups is 3. The first-order valence-electron chi connectivity index (χ1n) is 10.6. The van der Waals surface area contributed by atoms with Crippen molar-refractivity contribution in [1.82, 2.24) is 15.3 Å². The van der Waals surface area contributed by atoms with Gasteiger partial charge in [-0.2, -0.15) is 0 Å². The van der Waals surface area contributed by atoms with Crippen LogP contribution in [0.4, 0.5) is 5.69 Å². The Kier molecular flexibility index (Phi) is 6.23. The lowest BCUT2D eigenvalue weighted by Crippen LogP contribution is -2.49. The summed E-state index contributed by atoms with van der Waals surface area (Å²) < 4.78 is 4.95. The minimum Gasteiger partial charge on any atom is -0.462 e. The van der Waals surface area contributed by atoms with Gasteiger partial charge >= 0.3 is 5.97 Å². The molecule has 2 aliphatic rings. The van der Waals surface area contributed by atoms with Crippen LogP contribution in [0.1, 0.15) is 40.9 Å². The Bertz CT molecular complexity index is 1030. The molecule has 0 aromatic heterocycles. The van der Waals surface area contributed by atoms with E-state index in [0.29, 0.717) is 24.3 Å².